The van der Waals surface area contributed by atoms with Gasteiger partial charge in [-0.3, -0.25) is 0 Å². The molecule has 0 spiro atoms. The molecule has 0 aromatic heterocycles. The lowest BCUT2D eigenvalue weighted by Gasteiger charge is -2.19. The highest BCUT2D eigenvalue weighted by Gasteiger charge is 2.20. The summed E-state index contributed by atoms with van der Waals surface area (Å²) in [7, 11) is -3.58. The van der Waals surface area contributed by atoms with Crippen molar-refractivity contribution in [2.24, 2.45) is 0 Å². The van der Waals surface area contributed by atoms with Crippen LogP contribution in [0.15, 0.2) is 53.4 Å². The third kappa shape index (κ3) is 3.78. The topological polar surface area (TPSA) is 92.4 Å². The van der Waals surface area contributed by atoms with Crippen molar-refractivity contribution in [3.05, 3.63) is 54.1 Å². The highest BCUT2D eigenvalue weighted by atomic mass is 32.2. The summed E-state index contributed by atoms with van der Waals surface area (Å²) in [6.07, 6.45) is 0. The summed E-state index contributed by atoms with van der Waals surface area (Å²) in [5.41, 5.74) is 7.61. The molecule has 1 unspecified atom stereocenters. The average Bonchev–Trinajstić information content (AvgIpc) is 2.49. The summed E-state index contributed by atoms with van der Waals surface area (Å²) in [5.74, 6) is -0.329. The van der Waals surface area contributed by atoms with Crippen molar-refractivity contribution in [3.63, 3.8) is 0 Å². The van der Waals surface area contributed by atoms with Crippen LogP contribution in [-0.4, -0.2) is 25.9 Å². The van der Waals surface area contributed by atoms with Crippen LogP contribution >= 0.6 is 0 Å². The molecule has 22 heavy (non-hydrogen) atoms. The number of hydrogen-bond donors (Lipinski definition) is 3. The minimum absolute atomic E-state index is 0.0621. The summed E-state index contributed by atoms with van der Waals surface area (Å²) in [4.78, 5) is 0.115. The Balaban J connectivity index is 2.36. The molecule has 2 aromatic rings. The Morgan fingerprint density at radius 1 is 1.18 bits per heavy atom. The molecule has 0 aliphatic rings. The van der Waals surface area contributed by atoms with E-state index in [1.807, 2.05) is 37.3 Å². The zero-order valence-electron chi connectivity index (χ0n) is 12.4. The molecule has 0 heterocycles. The molecule has 2 aromatic carbocycles. The van der Waals surface area contributed by atoms with Gasteiger partial charge in [0.2, 0.25) is 0 Å². The van der Waals surface area contributed by atoms with Gasteiger partial charge >= 0.3 is 0 Å². The summed E-state index contributed by atoms with van der Waals surface area (Å²) in [6, 6.07) is 14.4. The number of hydrogen-bond acceptors (Lipinski definition) is 5. The zero-order chi connectivity index (χ0) is 16.2. The maximum absolute atomic E-state index is 12.3. The van der Waals surface area contributed by atoms with Gasteiger partial charge < -0.3 is 16.2 Å². The molecule has 0 fully saturated rings. The first-order valence-electron chi connectivity index (χ1n) is 6.98. The predicted octanol–water partition coefficient (Wildman–Crippen LogP) is 2.21. The minimum Gasteiger partial charge on any atom is -0.399 e. The lowest BCUT2D eigenvalue weighted by Crippen LogP contribution is -2.15. The summed E-state index contributed by atoms with van der Waals surface area (Å²) >= 11 is 0. The fourth-order valence-electron chi connectivity index (χ4n) is 2.20. The molecule has 118 valence electrons. The summed E-state index contributed by atoms with van der Waals surface area (Å²) in [6.45, 7) is 1.53. The van der Waals surface area contributed by atoms with Crippen LogP contribution in [0.2, 0.25) is 0 Å². The predicted molar refractivity (Wildman–Crippen MR) is 88.5 cm³/mol. The number of nitrogens with two attached hydrogens (primary N) is 1. The first-order valence-corrected chi connectivity index (χ1v) is 8.64. The second kappa shape index (κ2) is 6.81. The number of aliphatic hydroxyl groups is 1. The van der Waals surface area contributed by atoms with E-state index >= 15 is 0 Å². The van der Waals surface area contributed by atoms with E-state index in [9.17, 15) is 8.42 Å². The molecule has 5 nitrogen and oxygen atoms in total. The standard InChI is InChI=1S/C16H20N2O3S/c1-12(13-5-3-2-4-6-13)18-15-8-7-14(17)11-16(15)22(20,21)10-9-19/h2-8,11-12,18-19H,9-10,17H2,1H3. The normalized spacial score (nSPS) is 12.8. The van der Waals surface area contributed by atoms with Crippen LogP contribution in [-0.2, 0) is 9.84 Å². The zero-order valence-corrected chi connectivity index (χ0v) is 13.2. The fourth-order valence-corrected chi connectivity index (χ4v) is 3.44. The second-order valence-electron chi connectivity index (χ2n) is 5.07. The molecule has 1 atom stereocenters. The molecule has 0 saturated carbocycles. The Bertz CT molecular complexity index is 730. The Labute approximate surface area is 130 Å². The number of aliphatic hydroxyl groups excluding tert-OH is 1. The van der Waals surface area contributed by atoms with Crippen LogP contribution in [0.3, 0.4) is 0 Å². The van der Waals surface area contributed by atoms with Gasteiger partial charge in [-0.25, -0.2) is 8.42 Å². The van der Waals surface area contributed by atoms with Crippen molar-refractivity contribution < 1.29 is 13.5 Å². The average molecular weight is 320 g/mol. The van der Waals surface area contributed by atoms with Crippen molar-refractivity contribution >= 4 is 21.2 Å². The molecule has 0 aliphatic heterocycles. The third-order valence-electron chi connectivity index (χ3n) is 3.37. The quantitative estimate of drug-likeness (QED) is 0.710. The van der Waals surface area contributed by atoms with Gasteiger partial charge in [-0.05, 0) is 30.7 Å². The van der Waals surface area contributed by atoms with Gasteiger partial charge in [0.1, 0.15) is 0 Å². The van der Waals surface area contributed by atoms with E-state index in [-0.39, 0.29) is 16.7 Å². The number of benzene rings is 2. The van der Waals surface area contributed by atoms with E-state index in [0.29, 0.717) is 11.4 Å². The van der Waals surface area contributed by atoms with Gasteiger partial charge in [0.05, 0.1) is 22.9 Å². The van der Waals surface area contributed by atoms with Crippen molar-refractivity contribution in [2.75, 3.05) is 23.4 Å². The monoisotopic (exact) mass is 320 g/mol. The lowest BCUT2D eigenvalue weighted by atomic mass is 10.1. The third-order valence-corrected chi connectivity index (χ3v) is 5.10. The van der Waals surface area contributed by atoms with Crippen LogP contribution in [0.1, 0.15) is 18.5 Å². The molecule has 4 N–H and O–H groups in total. The first-order chi connectivity index (χ1) is 10.4. The highest BCUT2D eigenvalue weighted by molar-refractivity contribution is 7.91. The summed E-state index contributed by atoms with van der Waals surface area (Å²) in [5, 5.41) is 12.2. The van der Waals surface area contributed by atoms with Gasteiger partial charge in [0.25, 0.3) is 0 Å². The number of sulfone groups is 1. The molecule has 0 saturated heterocycles. The van der Waals surface area contributed by atoms with E-state index in [2.05, 4.69) is 5.32 Å². The molecular weight excluding hydrogens is 300 g/mol. The maximum atomic E-state index is 12.3. The van der Waals surface area contributed by atoms with Gasteiger partial charge in [0.15, 0.2) is 9.84 Å². The Morgan fingerprint density at radius 3 is 2.50 bits per heavy atom. The molecule has 0 aliphatic carbocycles. The smallest absolute Gasteiger partial charge is 0.182 e. The van der Waals surface area contributed by atoms with Crippen molar-refractivity contribution in [1.82, 2.24) is 0 Å². The van der Waals surface area contributed by atoms with Crippen molar-refractivity contribution in [1.29, 1.82) is 0 Å². The van der Waals surface area contributed by atoms with Crippen molar-refractivity contribution in [3.8, 4) is 0 Å². The van der Waals surface area contributed by atoms with Crippen LogP contribution in [0.25, 0.3) is 0 Å². The highest BCUT2D eigenvalue weighted by Crippen LogP contribution is 2.28. The summed E-state index contributed by atoms with van der Waals surface area (Å²) < 4.78 is 24.5. The Hall–Kier alpha value is -2.05. The molecule has 6 heteroatoms. The number of anilines is 2. The maximum Gasteiger partial charge on any atom is 0.182 e. The van der Waals surface area contributed by atoms with Crippen molar-refractivity contribution in [2.45, 2.75) is 17.9 Å². The minimum atomic E-state index is -3.58. The second-order valence-corrected chi connectivity index (χ2v) is 7.15. The van der Waals surface area contributed by atoms with Crippen LogP contribution in [0.4, 0.5) is 11.4 Å². The largest absolute Gasteiger partial charge is 0.399 e. The molecular formula is C16H20N2O3S. The Morgan fingerprint density at radius 2 is 1.86 bits per heavy atom. The van der Waals surface area contributed by atoms with Gasteiger partial charge in [-0.15, -0.1) is 0 Å². The first kappa shape index (κ1) is 16.3. The number of nitrogens with one attached hydrogen (secondary N) is 1. The fraction of sp³-hybridized carbons (Fsp3) is 0.250. The molecule has 2 rings (SSSR count). The molecule has 0 bridgehead atoms. The number of rotatable bonds is 6. The van der Waals surface area contributed by atoms with E-state index in [4.69, 9.17) is 10.8 Å². The van der Waals surface area contributed by atoms with Crippen LogP contribution in [0, 0.1) is 0 Å². The molecule has 0 radical (unpaired) electrons. The van der Waals surface area contributed by atoms with E-state index in [1.165, 1.54) is 6.07 Å². The van der Waals surface area contributed by atoms with Gasteiger partial charge in [0, 0.05) is 11.7 Å². The van der Waals surface area contributed by atoms with Gasteiger partial charge in [-0.1, -0.05) is 30.3 Å². The SMILES string of the molecule is CC(Nc1ccc(N)cc1S(=O)(=O)CCO)c1ccccc1. The van der Waals surface area contributed by atoms with E-state index in [1.54, 1.807) is 12.1 Å². The van der Waals surface area contributed by atoms with E-state index < -0.39 is 16.4 Å². The molecule has 0 amide bonds. The van der Waals surface area contributed by atoms with Crippen LogP contribution < -0.4 is 11.1 Å². The van der Waals surface area contributed by atoms with E-state index in [0.717, 1.165) is 5.56 Å². The van der Waals surface area contributed by atoms with Crippen LogP contribution in [0.5, 0.6) is 0 Å². The van der Waals surface area contributed by atoms with Gasteiger partial charge in [-0.2, -0.15) is 0 Å². The number of nitrogen functional groups attached to an aromatic ring is 1. The lowest BCUT2D eigenvalue weighted by molar-refractivity contribution is 0.319. The Kier molecular flexibility index (Phi) is 5.05.